The Hall–Kier alpha value is -4.63. The van der Waals surface area contributed by atoms with Gasteiger partial charge in [0.15, 0.2) is 5.76 Å². The van der Waals surface area contributed by atoms with E-state index >= 15 is 0 Å². The number of anilines is 2. The third-order valence-corrected chi connectivity index (χ3v) is 5.98. The van der Waals surface area contributed by atoms with Crippen LogP contribution in [0.1, 0.15) is 16.3 Å². The summed E-state index contributed by atoms with van der Waals surface area (Å²) in [5, 5.41) is 12.4. The molecular formula is C26H20ClN5O4. The van der Waals surface area contributed by atoms with Gasteiger partial charge in [0.1, 0.15) is 5.76 Å². The number of aromatic nitrogens is 3. The Morgan fingerprint density at radius 1 is 1.06 bits per heavy atom. The molecule has 2 aromatic carbocycles. The monoisotopic (exact) mass is 501 g/mol. The summed E-state index contributed by atoms with van der Waals surface area (Å²) < 4.78 is 7.17. The maximum Gasteiger partial charge on any atom is 0.411 e. The van der Waals surface area contributed by atoms with Gasteiger partial charge in [-0.25, -0.2) is 14.8 Å². The van der Waals surface area contributed by atoms with Crippen LogP contribution in [0.4, 0.5) is 16.2 Å². The predicted molar refractivity (Wildman–Crippen MR) is 137 cm³/mol. The molecule has 0 atom stereocenters. The minimum atomic E-state index is -1.03. The second-order valence-corrected chi connectivity index (χ2v) is 8.53. The van der Waals surface area contributed by atoms with E-state index in [1.165, 1.54) is 7.05 Å². The minimum absolute atomic E-state index is 0.219. The number of aryl methyl sites for hydroxylation is 1. The van der Waals surface area contributed by atoms with Crippen LogP contribution >= 0.6 is 11.6 Å². The van der Waals surface area contributed by atoms with Gasteiger partial charge in [-0.15, -0.1) is 0 Å². The predicted octanol–water partition coefficient (Wildman–Crippen LogP) is 5.98. The highest BCUT2D eigenvalue weighted by molar-refractivity contribution is 6.33. The van der Waals surface area contributed by atoms with Gasteiger partial charge in [0.25, 0.3) is 5.91 Å². The van der Waals surface area contributed by atoms with E-state index in [4.69, 9.17) is 21.1 Å². The smallest absolute Gasteiger partial charge is 0.411 e. The quantitative estimate of drug-likeness (QED) is 0.306. The molecule has 36 heavy (non-hydrogen) atoms. The zero-order valence-corrected chi connectivity index (χ0v) is 20.0. The molecule has 0 saturated carbocycles. The number of fused-ring (bicyclic) bond motifs is 1. The largest absolute Gasteiger partial charge is 0.465 e. The summed E-state index contributed by atoms with van der Waals surface area (Å²) >= 11 is 6.46. The van der Waals surface area contributed by atoms with Crippen molar-refractivity contribution in [1.82, 2.24) is 14.4 Å². The Balaban J connectivity index is 1.42. The van der Waals surface area contributed by atoms with Crippen molar-refractivity contribution >= 4 is 40.8 Å². The van der Waals surface area contributed by atoms with E-state index in [0.717, 1.165) is 16.0 Å². The molecule has 3 aromatic heterocycles. The van der Waals surface area contributed by atoms with Crippen LogP contribution < -0.4 is 10.2 Å². The third-order valence-electron chi connectivity index (χ3n) is 5.65. The Labute approximate surface area is 210 Å². The Morgan fingerprint density at radius 3 is 2.53 bits per heavy atom. The van der Waals surface area contributed by atoms with Crippen molar-refractivity contribution in [2.45, 2.75) is 6.92 Å². The lowest BCUT2D eigenvalue weighted by Gasteiger charge is -2.13. The molecule has 2 N–H and O–H groups in total. The number of halogens is 1. The van der Waals surface area contributed by atoms with Gasteiger partial charge in [0.05, 0.1) is 10.7 Å². The molecule has 9 nitrogen and oxygen atoms in total. The fourth-order valence-electron chi connectivity index (χ4n) is 3.70. The lowest BCUT2D eigenvalue weighted by Crippen LogP contribution is -2.23. The van der Waals surface area contributed by atoms with Crippen molar-refractivity contribution in [3.8, 4) is 22.4 Å². The lowest BCUT2D eigenvalue weighted by molar-refractivity contribution is 0.0995. The lowest BCUT2D eigenvalue weighted by atomic mass is 10.1. The first-order chi connectivity index (χ1) is 17.3. The number of amides is 2. The number of benzene rings is 2. The molecule has 0 radical (unpaired) electrons. The van der Waals surface area contributed by atoms with Crippen LogP contribution in [0.3, 0.4) is 0 Å². The van der Waals surface area contributed by atoms with E-state index in [2.05, 4.69) is 15.3 Å². The number of carboxylic acid groups (broad SMARTS) is 1. The van der Waals surface area contributed by atoms with Gasteiger partial charge < -0.3 is 14.8 Å². The van der Waals surface area contributed by atoms with E-state index in [1.807, 2.05) is 18.3 Å². The first-order valence-corrected chi connectivity index (χ1v) is 11.3. The molecule has 0 aliphatic rings. The molecule has 2 amide bonds. The SMILES string of the molecule is Cc1ccc(C(=O)Nc2ccc(Cl)c(-c3cn4cc(-c5ccc(N(C)C(=O)O)cc5)cnc4n3)c2)o1. The van der Waals surface area contributed by atoms with Crippen LogP contribution in [0.5, 0.6) is 0 Å². The van der Waals surface area contributed by atoms with Gasteiger partial charge in [0, 0.05) is 48.1 Å². The molecule has 5 aromatic rings. The third kappa shape index (κ3) is 4.51. The molecule has 10 heteroatoms. The normalized spacial score (nSPS) is 11.0. The molecule has 0 unspecified atom stereocenters. The van der Waals surface area contributed by atoms with Crippen molar-refractivity contribution in [2.24, 2.45) is 0 Å². The zero-order chi connectivity index (χ0) is 25.4. The van der Waals surface area contributed by atoms with Crippen LogP contribution in [-0.4, -0.2) is 38.5 Å². The molecule has 0 aliphatic heterocycles. The van der Waals surface area contributed by atoms with Crippen molar-refractivity contribution < 1.29 is 19.1 Å². The average molecular weight is 502 g/mol. The topological polar surface area (TPSA) is 113 Å². The highest BCUT2D eigenvalue weighted by Crippen LogP contribution is 2.31. The first kappa shape index (κ1) is 23.1. The fraction of sp³-hybridized carbons (Fsp3) is 0.0769. The summed E-state index contributed by atoms with van der Waals surface area (Å²) in [5.74, 6) is 0.985. The van der Waals surface area contributed by atoms with Crippen molar-refractivity contribution in [1.29, 1.82) is 0 Å². The van der Waals surface area contributed by atoms with Crippen molar-refractivity contribution in [3.05, 3.63) is 89.7 Å². The van der Waals surface area contributed by atoms with E-state index in [0.29, 0.717) is 39.2 Å². The Bertz CT molecular complexity index is 1610. The molecule has 0 spiro atoms. The van der Waals surface area contributed by atoms with E-state index < -0.39 is 6.09 Å². The van der Waals surface area contributed by atoms with Gasteiger partial charge in [-0.1, -0.05) is 23.7 Å². The molecule has 0 saturated heterocycles. The molecule has 0 aliphatic carbocycles. The van der Waals surface area contributed by atoms with Gasteiger partial charge in [0.2, 0.25) is 5.78 Å². The second-order valence-electron chi connectivity index (χ2n) is 8.12. The standard InChI is InChI=1S/C26H20ClN5O4/c1-15-3-10-23(36-15)24(33)29-18-6-9-21(27)20(11-18)22-14-32-13-17(12-28-25(32)30-22)16-4-7-19(8-5-16)31(2)26(34)35/h3-14H,1-2H3,(H,29,33)(H,34,35). The van der Waals surface area contributed by atoms with Crippen molar-refractivity contribution in [3.63, 3.8) is 0 Å². The summed E-state index contributed by atoms with van der Waals surface area (Å²) in [6, 6.07) is 15.6. The van der Waals surface area contributed by atoms with Gasteiger partial charge in [-0.2, -0.15) is 0 Å². The van der Waals surface area contributed by atoms with Crippen LogP contribution in [-0.2, 0) is 0 Å². The van der Waals surface area contributed by atoms with E-state index in [9.17, 15) is 9.59 Å². The van der Waals surface area contributed by atoms with Gasteiger partial charge >= 0.3 is 6.09 Å². The molecule has 5 rings (SSSR count). The van der Waals surface area contributed by atoms with Crippen LogP contribution in [0.2, 0.25) is 5.02 Å². The van der Waals surface area contributed by atoms with E-state index in [1.54, 1.807) is 66.2 Å². The Kier molecular flexibility index (Phi) is 5.91. The average Bonchev–Trinajstić information content (AvgIpc) is 3.50. The molecule has 0 bridgehead atoms. The highest BCUT2D eigenvalue weighted by Gasteiger charge is 2.15. The molecular weight excluding hydrogens is 482 g/mol. The maximum absolute atomic E-state index is 12.5. The maximum atomic E-state index is 12.5. The van der Waals surface area contributed by atoms with Crippen LogP contribution in [0.25, 0.3) is 28.2 Å². The fourth-order valence-corrected chi connectivity index (χ4v) is 3.91. The van der Waals surface area contributed by atoms with Crippen molar-refractivity contribution in [2.75, 3.05) is 17.3 Å². The summed E-state index contributed by atoms with van der Waals surface area (Å²) in [6.07, 6.45) is 4.36. The highest BCUT2D eigenvalue weighted by atomic mass is 35.5. The van der Waals surface area contributed by atoms with Gasteiger partial charge in [-0.3, -0.25) is 14.1 Å². The number of rotatable bonds is 5. The first-order valence-electron chi connectivity index (χ1n) is 10.9. The van der Waals surface area contributed by atoms with Crippen LogP contribution in [0, 0.1) is 6.92 Å². The number of carbonyl (C=O) groups is 2. The summed E-state index contributed by atoms with van der Waals surface area (Å²) in [4.78, 5) is 33.8. The number of hydrogen-bond donors (Lipinski definition) is 2. The number of carbonyl (C=O) groups excluding carboxylic acids is 1. The summed E-state index contributed by atoms with van der Waals surface area (Å²) in [5.41, 5.74) is 4.04. The van der Waals surface area contributed by atoms with E-state index in [-0.39, 0.29) is 11.7 Å². The Morgan fingerprint density at radius 2 is 1.83 bits per heavy atom. The zero-order valence-electron chi connectivity index (χ0n) is 19.3. The summed E-state index contributed by atoms with van der Waals surface area (Å²) in [7, 11) is 1.49. The number of imidazole rings is 1. The van der Waals surface area contributed by atoms with Gasteiger partial charge in [-0.05, 0) is 55.0 Å². The molecule has 0 fully saturated rings. The number of nitrogens with zero attached hydrogens (tertiary/aromatic N) is 4. The minimum Gasteiger partial charge on any atom is -0.465 e. The van der Waals surface area contributed by atoms with Crippen LogP contribution in [0.15, 0.2) is 77.6 Å². The number of furan rings is 1. The summed E-state index contributed by atoms with van der Waals surface area (Å²) in [6.45, 7) is 1.77. The molecule has 180 valence electrons. The number of hydrogen-bond acceptors (Lipinski definition) is 5. The molecule has 3 heterocycles. The second kappa shape index (κ2) is 9.20. The number of nitrogens with one attached hydrogen (secondary N) is 1.